The van der Waals surface area contributed by atoms with Gasteiger partial charge in [0, 0.05) is 24.2 Å². The van der Waals surface area contributed by atoms with Gasteiger partial charge < -0.3 is 16.2 Å². The van der Waals surface area contributed by atoms with Crippen LogP contribution in [0, 0.1) is 0 Å². The Labute approximate surface area is 110 Å². The molecule has 0 bridgehead atoms. The Morgan fingerprint density at radius 1 is 1.58 bits per heavy atom. The zero-order chi connectivity index (χ0) is 13.8. The lowest BCUT2D eigenvalue weighted by molar-refractivity contribution is -0.118. The molecule has 7 heteroatoms. The van der Waals surface area contributed by atoms with Crippen molar-refractivity contribution in [1.29, 1.82) is 0 Å². The van der Waals surface area contributed by atoms with Crippen LogP contribution in [0.2, 0.25) is 0 Å². The summed E-state index contributed by atoms with van der Waals surface area (Å²) < 4.78 is 0. The monoisotopic (exact) mass is 264 g/mol. The predicted molar refractivity (Wildman–Crippen MR) is 67.7 cm³/mol. The summed E-state index contributed by atoms with van der Waals surface area (Å²) in [6.45, 7) is 1.33. The molecule has 0 aromatic carbocycles. The fourth-order valence-corrected chi connectivity index (χ4v) is 2.12. The summed E-state index contributed by atoms with van der Waals surface area (Å²) in [5.74, 6) is -1.36. The molecule has 1 aromatic heterocycles. The quantitative estimate of drug-likeness (QED) is 0.561. The average molecular weight is 264 g/mol. The van der Waals surface area contributed by atoms with Crippen molar-refractivity contribution in [2.75, 3.05) is 19.6 Å². The molecule has 0 radical (unpaired) electrons. The third-order valence-electron chi connectivity index (χ3n) is 3.11. The number of nitrogens with two attached hydrogens (primary N) is 1. The van der Waals surface area contributed by atoms with Crippen LogP contribution in [0.1, 0.15) is 28.4 Å². The number of nitrogens with zero attached hydrogens (tertiary/aromatic N) is 1. The van der Waals surface area contributed by atoms with Crippen molar-refractivity contribution in [3.63, 3.8) is 0 Å². The Balaban J connectivity index is 2.24. The first kappa shape index (κ1) is 13.4. The number of hydrogen-bond acceptors (Lipinski definition) is 6. The molecule has 7 nitrogen and oxygen atoms in total. The summed E-state index contributed by atoms with van der Waals surface area (Å²) in [5, 5.41) is 15.4. The van der Waals surface area contributed by atoms with Crippen LogP contribution in [0.15, 0.2) is 12.3 Å². The van der Waals surface area contributed by atoms with Crippen LogP contribution in [0.25, 0.3) is 0 Å². The number of amides is 2. The van der Waals surface area contributed by atoms with Crippen molar-refractivity contribution < 1.29 is 14.7 Å². The maximum atomic E-state index is 11.8. The zero-order valence-electron chi connectivity index (χ0n) is 10.3. The minimum Gasteiger partial charge on any atom is -0.505 e. The molecule has 1 aliphatic heterocycles. The number of carbonyl (C=O) groups is 2. The molecule has 1 aromatic rings. The van der Waals surface area contributed by atoms with E-state index in [1.54, 1.807) is 6.07 Å². The first-order chi connectivity index (χ1) is 9.13. The number of aromatic nitrogens is 1. The number of pyridine rings is 1. The highest BCUT2D eigenvalue weighted by atomic mass is 16.3. The summed E-state index contributed by atoms with van der Waals surface area (Å²) in [7, 11) is 0. The van der Waals surface area contributed by atoms with Gasteiger partial charge in [-0.25, -0.2) is 4.98 Å². The number of nitrogens with one attached hydrogen (secondary N) is 2. The van der Waals surface area contributed by atoms with Gasteiger partial charge in [-0.15, -0.1) is 0 Å². The molecule has 0 spiro atoms. The van der Waals surface area contributed by atoms with E-state index in [-0.39, 0.29) is 23.9 Å². The standard InChI is InChI=1S/C12H16N4O3/c13-5-9(17)16-12(19)10-11(18)8(2-4-15-10)7-1-3-14-6-7/h2,4,7,14,18H,1,3,5-6,13H2,(H,16,17,19). The van der Waals surface area contributed by atoms with Crippen LogP contribution < -0.4 is 16.4 Å². The van der Waals surface area contributed by atoms with Gasteiger partial charge in [-0.05, 0) is 19.0 Å². The van der Waals surface area contributed by atoms with Crippen molar-refractivity contribution in [1.82, 2.24) is 15.6 Å². The highest BCUT2D eigenvalue weighted by Gasteiger charge is 2.24. The molecule has 19 heavy (non-hydrogen) atoms. The second kappa shape index (κ2) is 5.77. The van der Waals surface area contributed by atoms with Gasteiger partial charge in [-0.1, -0.05) is 0 Å². The lowest BCUT2D eigenvalue weighted by Crippen LogP contribution is -2.35. The van der Waals surface area contributed by atoms with E-state index < -0.39 is 11.8 Å². The molecule has 2 rings (SSSR count). The van der Waals surface area contributed by atoms with Crippen LogP contribution in [-0.4, -0.2) is 41.5 Å². The SMILES string of the molecule is NCC(=O)NC(=O)c1nccc(C2CCNC2)c1O. The lowest BCUT2D eigenvalue weighted by Gasteiger charge is -2.13. The van der Waals surface area contributed by atoms with Crippen molar-refractivity contribution in [3.05, 3.63) is 23.5 Å². The molecule has 1 aliphatic rings. The van der Waals surface area contributed by atoms with E-state index in [2.05, 4.69) is 15.6 Å². The second-order valence-electron chi connectivity index (χ2n) is 4.37. The Hall–Kier alpha value is -1.99. The van der Waals surface area contributed by atoms with E-state index in [9.17, 15) is 14.7 Å². The van der Waals surface area contributed by atoms with E-state index in [0.29, 0.717) is 5.56 Å². The van der Waals surface area contributed by atoms with Gasteiger partial charge in [0.05, 0.1) is 6.54 Å². The van der Waals surface area contributed by atoms with Gasteiger partial charge >= 0.3 is 0 Å². The molecular weight excluding hydrogens is 248 g/mol. The highest BCUT2D eigenvalue weighted by Crippen LogP contribution is 2.31. The lowest BCUT2D eigenvalue weighted by atomic mass is 9.97. The maximum Gasteiger partial charge on any atom is 0.280 e. The molecule has 102 valence electrons. The van der Waals surface area contributed by atoms with Crippen LogP contribution in [0.5, 0.6) is 5.75 Å². The first-order valence-electron chi connectivity index (χ1n) is 6.06. The third kappa shape index (κ3) is 2.88. The minimum absolute atomic E-state index is 0.147. The van der Waals surface area contributed by atoms with Crippen LogP contribution in [0.4, 0.5) is 0 Å². The molecular formula is C12H16N4O3. The van der Waals surface area contributed by atoms with E-state index >= 15 is 0 Å². The van der Waals surface area contributed by atoms with E-state index in [0.717, 1.165) is 19.5 Å². The van der Waals surface area contributed by atoms with Crippen molar-refractivity contribution in [2.24, 2.45) is 5.73 Å². The summed E-state index contributed by atoms with van der Waals surface area (Å²) in [5.41, 5.74) is 5.64. The normalized spacial score (nSPS) is 18.3. The van der Waals surface area contributed by atoms with Gasteiger partial charge in [0.2, 0.25) is 5.91 Å². The number of rotatable bonds is 3. The average Bonchev–Trinajstić information content (AvgIpc) is 2.92. The largest absolute Gasteiger partial charge is 0.505 e. The maximum absolute atomic E-state index is 11.8. The summed E-state index contributed by atoms with van der Waals surface area (Å²) >= 11 is 0. The highest BCUT2D eigenvalue weighted by molar-refractivity contribution is 6.05. The molecule has 0 aliphatic carbocycles. The third-order valence-corrected chi connectivity index (χ3v) is 3.11. The number of imide groups is 1. The molecule has 2 amide bonds. The number of aromatic hydroxyl groups is 1. The van der Waals surface area contributed by atoms with Crippen molar-refractivity contribution in [2.45, 2.75) is 12.3 Å². The molecule has 1 fully saturated rings. The van der Waals surface area contributed by atoms with E-state index in [4.69, 9.17) is 5.73 Å². The van der Waals surface area contributed by atoms with Gasteiger partial charge in [-0.3, -0.25) is 14.9 Å². The first-order valence-corrected chi connectivity index (χ1v) is 6.06. The summed E-state index contributed by atoms with van der Waals surface area (Å²) in [6, 6.07) is 1.69. The Kier molecular flexibility index (Phi) is 4.08. The Morgan fingerprint density at radius 2 is 2.37 bits per heavy atom. The van der Waals surface area contributed by atoms with Crippen molar-refractivity contribution >= 4 is 11.8 Å². The molecule has 2 heterocycles. The summed E-state index contributed by atoms with van der Waals surface area (Å²) in [4.78, 5) is 26.7. The molecule has 0 saturated carbocycles. The van der Waals surface area contributed by atoms with E-state index in [1.165, 1.54) is 6.20 Å². The second-order valence-corrected chi connectivity index (χ2v) is 4.37. The topological polar surface area (TPSA) is 117 Å². The predicted octanol–water partition coefficient (Wildman–Crippen LogP) is -0.921. The van der Waals surface area contributed by atoms with Crippen molar-refractivity contribution in [3.8, 4) is 5.75 Å². The summed E-state index contributed by atoms with van der Waals surface area (Å²) in [6.07, 6.45) is 2.34. The molecule has 1 unspecified atom stereocenters. The van der Waals surface area contributed by atoms with Crippen LogP contribution in [0.3, 0.4) is 0 Å². The molecule has 1 saturated heterocycles. The van der Waals surface area contributed by atoms with Gasteiger partial charge in [0.1, 0.15) is 5.75 Å². The smallest absolute Gasteiger partial charge is 0.280 e. The van der Waals surface area contributed by atoms with Gasteiger partial charge in [0.25, 0.3) is 5.91 Å². The Bertz CT molecular complexity index is 498. The fraction of sp³-hybridized carbons (Fsp3) is 0.417. The number of carbonyl (C=O) groups excluding carboxylic acids is 2. The Morgan fingerprint density at radius 3 is 3.00 bits per heavy atom. The zero-order valence-corrected chi connectivity index (χ0v) is 10.3. The van der Waals surface area contributed by atoms with Crippen LogP contribution >= 0.6 is 0 Å². The number of hydrogen-bond donors (Lipinski definition) is 4. The fourth-order valence-electron chi connectivity index (χ4n) is 2.12. The van der Waals surface area contributed by atoms with Gasteiger partial charge in [-0.2, -0.15) is 0 Å². The molecule has 1 atom stereocenters. The molecule has 5 N–H and O–H groups in total. The van der Waals surface area contributed by atoms with Crippen LogP contribution in [-0.2, 0) is 4.79 Å². The minimum atomic E-state index is -0.735. The van der Waals surface area contributed by atoms with E-state index in [1.807, 2.05) is 0 Å². The van der Waals surface area contributed by atoms with Gasteiger partial charge in [0.15, 0.2) is 5.69 Å².